The molecule has 0 saturated carbocycles. The lowest BCUT2D eigenvalue weighted by atomic mass is 10.1. The first-order valence-electron chi connectivity index (χ1n) is 10.1. The molecule has 0 saturated heterocycles. The van der Waals surface area contributed by atoms with Crippen LogP contribution in [0.2, 0.25) is 0 Å². The van der Waals surface area contributed by atoms with Crippen LogP contribution < -0.4 is 15.5 Å². The molecule has 2 N–H and O–H groups in total. The molecule has 6 heteroatoms. The molecule has 0 heterocycles. The highest BCUT2D eigenvalue weighted by molar-refractivity contribution is 9.10. The monoisotopic (exact) mass is 487 g/mol. The van der Waals surface area contributed by atoms with Crippen molar-refractivity contribution in [3.8, 4) is 5.75 Å². The number of carbonyl (C=O) groups excluding carboxylic acids is 1. The van der Waals surface area contributed by atoms with Gasteiger partial charge in [-0.25, -0.2) is 10.2 Å². The van der Waals surface area contributed by atoms with Crippen LogP contribution in [0.25, 0.3) is 10.8 Å². The van der Waals surface area contributed by atoms with Crippen molar-refractivity contribution in [2.75, 3.05) is 5.32 Å². The van der Waals surface area contributed by atoms with Crippen LogP contribution >= 0.6 is 15.9 Å². The van der Waals surface area contributed by atoms with E-state index in [2.05, 4.69) is 56.0 Å². The summed E-state index contributed by atoms with van der Waals surface area (Å²) in [5, 5.41) is 9.17. The fraction of sp³-hybridized carbons (Fsp3) is 0.0769. The summed E-state index contributed by atoms with van der Waals surface area (Å²) in [7, 11) is 0. The topological polar surface area (TPSA) is 62.7 Å². The number of amides is 2. The Morgan fingerprint density at radius 3 is 2.66 bits per heavy atom. The summed E-state index contributed by atoms with van der Waals surface area (Å²) >= 11 is 3.45. The quantitative estimate of drug-likeness (QED) is 0.236. The SMILES string of the molecule is Cc1cc(NC(=O)N/N=C/c2ccccc2OCc2cccc3ccccc23)ccc1Br. The van der Waals surface area contributed by atoms with E-state index in [1.807, 2.05) is 67.6 Å². The van der Waals surface area contributed by atoms with Crippen LogP contribution in [0, 0.1) is 6.92 Å². The molecular formula is C26H22BrN3O2. The van der Waals surface area contributed by atoms with Gasteiger partial charge < -0.3 is 10.1 Å². The van der Waals surface area contributed by atoms with Crippen molar-refractivity contribution < 1.29 is 9.53 Å². The third-order valence-corrected chi connectivity index (χ3v) is 5.86. The molecule has 160 valence electrons. The Labute approximate surface area is 195 Å². The van der Waals surface area contributed by atoms with Crippen molar-refractivity contribution in [3.63, 3.8) is 0 Å². The lowest BCUT2D eigenvalue weighted by molar-refractivity contribution is 0.252. The number of hydrazone groups is 1. The Bertz CT molecular complexity index is 1280. The summed E-state index contributed by atoms with van der Waals surface area (Å²) in [4.78, 5) is 12.1. The molecule has 5 nitrogen and oxygen atoms in total. The number of aryl methyl sites for hydroxylation is 1. The van der Waals surface area contributed by atoms with E-state index in [0.717, 1.165) is 21.2 Å². The van der Waals surface area contributed by atoms with E-state index in [4.69, 9.17) is 4.74 Å². The van der Waals surface area contributed by atoms with Gasteiger partial charge in [0.2, 0.25) is 0 Å². The van der Waals surface area contributed by atoms with Gasteiger partial charge in [-0.15, -0.1) is 0 Å². The molecule has 0 bridgehead atoms. The fourth-order valence-electron chi connectivity index (χ4n) is 3.33. The van der Waals surface area contributed by atoms with Gasteiger partial charge in [0, 0.05) is 15.7 Å². The molecule has 4 aromatic rings. The van der Waals surface area contributed by atoms with Gasteiger partial charge in [0.05, 0.1) is 6.21 Å². The zero-order valence-electron chi connectivity index (χ0n) is 17.5. The van der Waals surface area contributed by atoms with E-state index in [1.54, 1.807) is 6.21 Å². The second kappa shape index (κ2) is 10.1. The third kappa shape index (κ3) is 5.34. The average Bonchev–Trinajstić information content (AvgIpc) is 2.81. The number of rotatable bonds is 6. The predicted octanol–water partition coefficient (Wildman–Crippen LogP) is 6.65. The van der Waals surface area contributed by atoms with Gasteiger partial charge in [-0.05, 0) is 59.2 Å². The Kier molecular flexibility index (Phi) is 6.82. The molecule has 0 aliphatic rings. The molecule has 4 rings (SSSR count). The average molecular weight is 488 g/mol. The zero-order valence-corrected chi connectivity index (χ0v) is 19.1. The van der Waals surface area contributed by atoms with Crippen molar-refractivity contribution in [2.45, 2.75) is 13.5 Å². The van der Waals surface area contributed by atoms with Gasteiger partial charge in [0.25, 0.3) is 0 Å². The number of fused-ring (bicyclic) bond motifs is 1. The minimum Gasteiger partial charge on any atom is -0.488 e. The van der Waals surface area contributed by atoms with Crippen LogP contribution in [0.15, 0.2) is 94.5 Å². The molecule has 32 heavy (non-hydrogen) atoms. The van der Waals surface area contributed by atoms with E-state index >= 15 is 0 Å². The summed E-state index contributed by atoms with van der Waals surface area (Å²) in [5.41, 5.74) is 6.09. The van der Waals surface area contributed by atoms with Crippen LogP contribution in [-0.2, 0) is 6.61 Å². The summed E-state index contributed by atoms with van der Waals surface area (Å²) in [5.74, 6) is 0.690. The molecule has 0 spiro atoms. The van der Waals surface area contributed by atoms with Crippen LogP contribution in [0.5, 0.6) is 5.75 Å². The van der Waals surface area contributed by atoms with Gasteiger partial charge in [0.15, 0.2) is 0 Å². The Morgan fingerprint density at radius 1 is 1.00 bits per heavy atom. The largest absolute Gasteiger partial charge is 0.488 e. The van der Waals surface area contributed by atoms with E-state index in [9.17, 15) is 4.79 Å². The zero-order chi connectivity index (χ0) is 22.3. The molecule has 0 unspecified atom stereocenters. The second-order valence-electron chi connectivity index (χ2n) is 7.25. The Balaban J connectivity index is 1.40. The number of nitrogens with zero attached hydrogens (tertiary/aromatic N) is 1. The van der Waals surface area contributed by atoms with Crippen LogP contribution in [0.4, 0.5) is 10.5 Å². The molecule has 0 aromatic heterocycles. The lowest BCUT2D eigenvalue weighted by Crippen LogP contribution is -2.24. The highest BCUT2D eigenvalue weighted by Crippen LogP contribution is 2.22. The first kappa shape index (κ1) is 21.6. The van der Waals surface area contributed by atoms with Gasteiger partial charge in [0.1, 0.15) is 12.4 Å². The number of urea groups is 1. The number of hydrogen-bond donors (Lipinski definition) is 2. The molecule has 2 amide bonds. The number of nitrogens with one attached hydrogen (secondary N) is 2. The van der Waals surface area contributed by atoms with E-state index in [0.29, 0.717) is 18.0 Å². The van der Waals surface area contributed by atoms with Gasteiger partial charge in [-0.1, -0.05) is 70.5 Å². The molecule has 4 aromatic carbocycles. The second-order valence-corrected chi connectivity index (χ2v) is 8.11. The molecule has 0 aliphatic carbocycles. The number of ether oxygens (including phenoxy) is 1. The maximum Gasteiger partial charge on any atom is 0.339 e. The summed E-state index contributed by atoms with van der Waals surface area (Å²) in [6.07, 6.45) is 1.57. The minimum absolute atomic E-state index is 0.419. The number of benzene rings is 4. The van der Waals surface area contributed by atoms with Gasteiger partial charge >= 0.3 is 6.03 Å². The highest BCUT2D eigenvalue weighted by atomic mass is 79.9. The van der Waals surface area contributed by atoms with Gasteiger partial charge in [-0.3, -0.25) is 0 Å². The molecule has 0 fully saturated rings. The van der Waals surface area contributed by atoms with Crippen molar-refractivity contribution in [1.82, 2.24) is 5.43 Å². The molecule has 0 radical (unpaired) electrons. The smallest absolute Gasteiger partial charge is 0.339 e. The van der Waals surface area contributed by atoms with Crippen molar-refractivity contribution in [1.29, 1.82) is 0 Å². The van der Waals surface area contributed by atoms with Gasteiger partial charge in [-0.2, -0.15) is 5.10 Å². The molecular weight excluding hydrogens is 466 g/mol. The molecule has 0 aliphatic heterocycles. The van der Waals surface area contributed by atoms with Crippen LogP contribution in [0.1, 0.15) is 16.7 Å². The maximum absolute atomic E-state index is 12.1. The number of carbonyl (C=O) groups is 1. The van der Waals surface area contributed by atoms with E-state index < -0.39 is 6.03 Å². The normalized spacial score (nSPS) is 10.9. The number of hydrogen-bond acceptors (Lipinski definition) is 3. The number of para-hydroxylation sites is 1. The summed E-state index contributed by atoms with van der Waals surface area (Å²) < 4.78 is 7.07. The Morgan fingerprint density at radius 2 is 1.78 bits per heavy atom. The van der Waals surface area contributed by atoms with E-state index in [1.165, 1.54) is 10.8 Å². The number of halogens is 1. The third-order valence-electron chi connectivity index (χ3n) is 4.97. The standard InChI is InChI=1S/C26H22BrN3O2/c1-18-15-22(13-14-24(18)27)29-26(31)30-28-16-20-8-3-5-12-25(20)32-17-21-10-6-9-19-7-2-4-11-23(19)21/h2-16H,17H2,1H3,(H2,29,30,31)/b28-16+. The lowest BCUT2D eigenvalue weighted by Gasteiger charge is -2.11. The summed E-state index contributed by atoms with van der Waals surface area (Å²) in [6, 6.07) is 27.2. The molecule has 0 atom stereocenters. The van der Waals surface area contributed by atoms with Crippen molar-refractivity contribution >= 4 is 44.6 Å². The van der Waals surface area contributed by atoms with E-state index in [-0.39, 0.29) is 0 Å². The van der Waals surface area contributed by atoms with Crippen LogP contribution in [0.3, 0.4) is 0 Å². The van der Waals surface area contributed by atoms with Crippen molar-refractivity contribution in [3.05, 3.63) is 106 Å². The summed E-state index contributed by atoms with van der Waals surface area (Å²) in [6.45, 7) is 2.39. The fourth-order valence-corrected chi connectivity index (χ4v) is 3.58. The maximum atomic E-state index is 12.1. The number of anilines is 1. The first-order chi connectivity index (χ1) is 15.6. The van der Waals surface area contributed by atoms with Crippen LogP contribution in [-0.4, -0.2) is 12.2 Å². The Hall–Kier alpha value is -3.64. The van der Waals surface area contributed by atoms with Crippen molar-refractivity contribution in [2.24, 2.45) is 5.10 Å². The minimum atomic E-state index is -0.419. The first-order valence-corrected chi connectivity index (χ1v) is 10.9. The highest BCUT2D eigenvalue weighted by Gasteiger charge is 2.05. The predicted molar refractivity (Wildman–Crippen MR) is 133 cm³/mol.